The van der Waals surface area contributed by atoms with E-state index >= 15 is 0 Å². The number of aromatic amines is 1. The van der Waals surface area contributed by atoms with Crippen LogP contribution in [0.5, 0.6) is 0 Å². The summed E-state index contributed by atoms with van der Waals surface area (Å²) in [6, 6.07) is 9.79. The van der Waals surface area contributed by atoms with E-state index in [0.29, 0.717) is 16.0 Å². The molecule has 0 saturated carbocycles. The van der Waals surface area contributed by atoms with Crippen molar-refractivity contribution < 1.29 is 4.92 Å². The van der Waals surface area contributed by atoms with Crippen LogP contribution in [-0.2, 0) is 0 Å². The fourth-order valence-electron chi connectivity index (χ4n) is 2.18. The van der Waals surface area contributed by atoms with Crippen molar-refractivity contribution in [3.05, 3.63) is 80.8 Å². The predicted molar refractivity (Wildman–Crippen MR) is 87.3 cm³/mol. The topological polar surface area (TPSA) is 71.3 Å². The Morgan fingerprint density at radius 1 is 1.09 bits per heavy atom. The number of non-ortho nitro benzene ring substituents is 1. The number of rotatable bonds is 3. The fraction of sp³-hybridized carbons (Fsp3) is 0. The first kappa shape index (κ1) is 14.6. The van der Waals surface area contributed by atoms with E-state index in [1.165, 1.54) is 12.1 Å². The summed E-state index contributed by atoms with van der Waals surface area (Å²) >= 11 is 11.8. The van der Waals surface area contributed by atoms with Crippen LogP contribution in [0.15, 0.2) is 59.2 Å². The van der Waals surface area contributed by atoms with Gasteiger partial charge in [0.1, 0.15) is 10.3 Å². The Bertz CT molecular complexity index is 833. The summed E-state index contributed by atoms with van der Waals surface area (Å²) in [5, 5.41) is 11.6. The number of nitrogens with one attached hydrogen (secondary N) is 1. The van der Waals surface area contributed by atoms with Gasteiger partial charge < -0.3 is 4.98 Å². The van der Waals surface area contributed by atoms with E-state index in [2.05, 4.69) is 9.98 Å². The Labute approximate surface area is 135 Å². The Kier molecular flexibility index (Phi) is 3.83. The van der Waals surface area contributed by atoms with E-state index in [1.807, 2.05) is 6.07 Å². The van der Waals surface area contributed by atoms with E-state index in [4.69, 9.17) is 23.2 Å². The SMILES string of the molecule is O=[N+]([O-])c1ccc(/C(=C2\C=CC(Cl)=N2)c2ccc(Cl)[nH]2)cc1. The summed E-state index contributed by atoms with van der Waals surface area (Å²) in [7, 11) is 0. The van der Waals surface area contributed by atoms with Gasteiger partial charge in [-0.25, -0.2) is 4.99 Å². The molecule has 0 fully saturated rings. The molecule has 0 spiro atoms. The quantitative estimate of drug-likeness (QED) is 0.661. The molecule has 0 amide bonds. The molecule has 1 aliphatic heterocycles. The number of nitro groups is 1. The lowest BCUT2D eigenvalue weighted by Gasteiger charge is -2.08. The second kappa shape index (κ2) is 5.79. The van der Waals surface area contributed by atoms with Crippen molar-refractivity contribution in [3.63, 3.8) is 0 Å². The summed E-state index contributed by atoms with van der Waals surface area (Å²) in [5.41, 5.74) is 3.00. The van der Waals surface area contributed by atoms with Crippen LogP contribution in [-0.4, -0.2) is 15.1 Å². The highest BCUT2D eigenvalue weighted by molar-refractivity contribution is 6.69. The number of nitrogens with zero attached hydrogens (tertiary/aromatic N) is 2. The van der Waals surface area contributed by atoms with Crippen LogP contribution in [0.2, 0.25) is 5.15 Å². The van der Waals surface area contributed by atoms with Crippen molar-refractivity contribution in [1.29, 1.82) is 0 Å². The highest BCUT2D eigenvalue weighted by Crippen LogP contribution is 2.31. The number of nitro benzene ring substituents is 1. The number of H-pyrrole nitrogens is 1. The van der Waals surface area contributed by atoms with E-state index in [0.717, 1.165) is 16.8 Å². The van der Waals surface area contributed by atoms with Crippen LogP contribution in [0.1, 0.15) is 11.3 Å². The highest BCUT2D eigenvalue weighted by Gasteiger charge is 2.16. The number of allylic oxidation sites excluding steroid dienone is 2. The van der Waals surface area contributed by atoms with Gasteiger partial charge in [-0.2, -0.15) is 0 Å². The van der Waals surface area contributed by atoms with Crippen molar-refractivity contribution in [2.45, 2.75) is 0 Å². The maximum atomic E-state index is 10.8. The van der Waals surface area contributed by atoms with Gasteiger partial charge in [-0.15, -0.1) is 0 Å². The molecule has 0 radical (unpaired) electrons. The molecule has 1 N–H and O–H groups in total. The van der Waals surface area contributed by atoms with Crippen LogP contribution in [0.4, 0.5) is 5.69 Å². The average Bonchev–Trinajstić information content (AvgIpc) is 3.09. The van der Waals surface area contributed by atoms with Gasteiger partial charge >= 0.3 is 0 Å². The lowest BCUT2D eigenvalue weighted by Crippen LogP contribution is -1.93. The predicted octanol–water partition coefficient (Wildman–Crippen LogP) is 4.54. The molecule has 0 unspecified atom stereocenters. The maximum Gasteiger partial charge on any atom is 0.269 e. The van der Waals surface area contributed by atoms with Gasteiger partial charge in [0.05, 0.1) is 10.6 Å². The molecule has 1 aromatic carbocycles. The molecule has 22 heavy (non-hydrogen) atoms. The number of aromatic nitrogens is 1. The molecule has 7 heteroatoms. The lowest BCUT2D eigenvalue weighted by atomic mass is 10.0. The first-order valence-corrected chi connectivity index (χ1v) is 7.06. The third-order valence-corrected chi connectivity index (χ3v) is 3.58. The minimum Gasteiger partial charge on any atom is -0.346 e. The van der Waals surface area contributed by atoms with E-state index in [-0.39, 0.29) is 5.69 Å². The second-order valence-corrected chi connectivity index (χ2v) is 5.35. The van der Waals surface area contributed by atoms with Gasteiger partial charge in [-0.05, 0) is 42.0 Å². The van der Waals surface area contributed by atoms with Crippen molar-refractivity contribution >= 4 is 39.6 Å². The van der Waals surface area contributed by atoms with Gasteiger partial charge in [0.15, 0.2) is 0 Å². The maximum absolute atomic E-state index is 10.8. The molecule has 1 aromatic heterocycles. The highest BCUT2D eigenvalue weighted by atomic mass is 35.5. The molecule has 110 valence electrons. The van der Waals surface area contributed by atoms with Gasteiger partial charge in [0, 0.05) is 23.4 Å². The summed E-state index contributed by atoms with van der Waals surface area (Å²) in [5.74, 6) is 0. The molecular weight excluding hydrogens is 325 g/mol. The fourth-order valence-corrected chi connectivity index (χ4v) is 2.50. The van der Waals surface area contributed by atoms with Crippen molar-refractivity contribution in [1.82, 2.24) is 4.98 Å². The summed E-state index contributed by atoms with van der Waals surface area (Å²) in [4.78, 5) is 17.6. The van der Waals surface area contributed by atoms with Crippen LogP contribution in [0.3, 0.4) is 0 Å². The molecule has 2 heterocycles. The van der Waals surface area contributed by atoms with Gasteiger partial charge in [0.25, 0.3) is 5.69 Å². The smallest absolute Gasteiger partial charge is 0.269 e. The molecule has 0 saturated heterocycles. The molecule has 0 bridgehead atoms. The van der Waals surface area contributed by atoms with Crippen LogP contribution in [0, 0.1) is 10.1 Å². The minimum atomic E-state index is -0.438. The molecular formula is C15H9Cl2N3O2. The minimum absolute atomic E-state index is 0.0288. The molecule has 3 rings (SSSR count). The normalized spacial score (nSPS) is 15.8. The zero-order valence-corrected chi connectivity index (χ0v) is 12.6. The zero-order chi connectivity index (χ0) is 15.7. The van der Waals surface area contributed by atoms with Crippen molar-refractivity contribution in [2.24, 2.45) is 4.99 Å². The number of halogens is 2. The average molecular weight is 334 g/mol. The molecule has 1 aliphatic rings. The van der Waals surface area contributed by atoms with Gasteiger partial charge in [-0.3, -0.25) is 10.1 Å². The first-order valence-electron chi connectivity index (χ1n) is 6.31. The van der Waals surface area contributed by atoms with Gasteiger partial charge in [0.2, 0.25) is 0 Å². The summed E-state index contributed by atoms with van der Waals surface area (Å²) in [6.07, 6.45) is 3.47. The van der Waals surface area contributed by atoms with Crippen molar-refractivity contribution in [3.8, 4) is 0 Å². The lowest BCUT2D eigenvalue weighted by molar-refractivity contribution is -0.384. The first-order chi connectivity index (χ1) is 10.5. The zero-order valence-electron chi connectivity index (χ0n) is 11.1. The van der Waals surface area contributed by atoms with E-state index in [9.17, 15) is 10.1 Å². The van der Waals surface area contributed by atoms with Crippen LogP contribution < -0.4 is 0 Å². The monoisotopic (exact) mass is 333 g/mol. The second-order valence-electron chi connectivity index (χ2n) is 4.55. The summed E-state index contributed by atoms with van der Waals surface area (Å²) < 4.78 is 0. The van der Waals surface area contributed by atoms with Crippen LogP contribution in [0.25, 0.3) is 5.57 Å². The Balaban J connectivity index is 2.15. The molecule has 5 nitrogen and oxygen atoms in total. The molecule has 0 atom stereocenters. The number of hydrogen-bond acceptors (Lipinski definition) is 3. The van der Waals surface area contributed by atoms with Gasteiger partial charge in [-0.1, -0.05) is 23.2 Å². The number of hydrogen-bond donors (Lipinski definition) is 1. The largest absolute Gasteiger partial charge is 0.346 e. The van der Waals surface area contributed by atoms with E-state index < -0.39 is 4.92 Å². The number of aliphatic imine (C=N–C) groups is 1. The Morgan fingerprint density at radius 2 is 1.82 bits per heavy atom. The third-order valence-electron chi connectivity index (χ3n) is 3.15. The Morgan fingerprint density at radius 3 is 2.32 bits per heavy atom. The molecule has 2 aromatic rings. The summed E-state index contributed by atoms with van der Waals surface area (Å²) in [6.45, 7) is 0. The van der Waals surface area contributed by atoms with E-state index in [1.54, 1.807) is 30.4 Å². The standard InChI is InChI=1S/C15H9Cl2N3O2/c16-13-7-5-11(18-13)15(12-6-8-14(17)19-12)9-1-3-10(4-2-9)20(21)22/h1-8,18H/b15-12-. The third kappa shape index (κ3) is 2.81. The van der Waals surface area contributed by atoms with Crippen molar-refractivity contribution in [2.75, 3.05) is 0 Å². The Hall–Kier alpha value is -2.37. The van der Waals surface area contributed by atoms with Crippen LogP contribution >= 0.6 is 23.2 Å². The molecule has 0 aliphatic carbocycles. The number of benzene rings is 1.